The molecule has 2 N–H and O–H groups in total. The molecule has 0 atom stereocenters. The van der Waals surface area contributed by atoms with Gasteiger partial charge in [-0.25, -0.2) is 9.50 Å². The Morgan fingerprint density at radius 1 is 1.43 bits per heavy atom. The van der Waals surface area contributed by atoms with Crippen LogP contribution in [0.2, 0.25) is 0 Å². The fourth-order valence-corrected chi connectivity index (χ4v) is 2.13. The van der Waals surface area contributed by atoms with Crippen LogP contribution in [0.4, 0.5) is 0 Å². The van der Waals surface area contributed by atoms with E-state index in [1.165, 1.54) is 4.52 Å². The normalized spacial score (nSPS) is 11.8. The average molecular weight is 291 g/mol. The molecule has 0 spiro atoms. The minimum atomic E-state index is -0.348. The zero-order chi connectivity index (χ0) is 15.5. The molecule has 114 valence electrons. The van der Waals surface area contributed by atoms with Crippen LogP contribution < -0.4 is 5.32 Å². The van der Waals surface area contributed by atoms with Crippen LogP contribution >= 0.6 is 0 Å². The third kappa shape index (κ3) is 3.02. The molecule has 0 unspecified atom stereocenters. The van der Waals surface area contributed by atoms with Crippen LogP contribution in [-0.2, 0) is 0 Å². The van der Waals surface area contributed by atoms with Crippen LogP contribution in [0.15, 0.2) is 12.3 Å². The summed E-state index contributed by atoms with van der Waals surface area (Å²) in [7, 11) is 0. The monoisotopic (exact) mass is 291 g/mol. The first-order valence-corrected chi connectivity index (χ1v) is 7.12. The topological polar surface area (TPSA) is 92.4 Å². The van der Waals surface area contributed by atoms with Crippen LogP contribution in [0.1, 0.15) is 43.0 Å². The minimum absolute atomic E-state index is 0.0412. The zero-order valence-corrected chi connectivity index (χ0v) is 12.6. The van der Waals surface area contributed by atoms with Crippen LogP contribution in [0.25, 0.3) is 5.78 Å². The molecule has 2 rings (SSSR count). The molecular formula is C14H21N5O2. The number of hydrogen-bond acceptors (Lipinski definition) is 5. The van der Waals surface area contributed by atoms with Gasteiger partial charge in [0.1, 0.15) is 0 Å². The number of nitrogens with one attached hydrogen (secondary N) is 1. The van der Waals surface area contributed by atoms with Gasteiger partial charge in [-0.2, -0.15) is 4.98 Å². The van der Waals surface area contributed by atoms with Crippen molar-refractivity contribution in [3.05, 3.63) is 23.8 Å². The summed E-state index contributed by atoms with van der Waals surface area (Å²) >= 11 is 0. The third-order valence-corrected chi connectivity index (χ3v) is 4.09. The van der Waals surface area contributed by atoms with Gasteiger partial charge < -0.3 is 10.4 Å². The molecule has 2 heterocycles. The molecular weight excluding hydrogens is 270 g/mol. The van der Waals surface area contributed by atoms with E-state index in [1.54, 1.807) is 12.3 Å². The molecule has 0 aliphatic carbocycles. The quantitative estimate of drug-likeness (QED) is 0.827. The van der Waals surface area contributed by atoms with E-state index in [1.807, 2.05) is 20.8 Å². The van der Waals surface area contributed by atoms with Gasteiger partial charge in [0.05, 0.1) is 6.61 Å². The van der Waals surface area contributed by atoms with Gasteiger partial charge in [-0.3, -0.25) is 4.79 Å². The Hall–Kier alpha value is -2.02. The molecule has 2 aromatic heterocycles. The summed E-state index contributed by atoms with van der Waals surface area (Å²) in [5, 5.41) is 16.5. The molecule has 7 heteroatoms. The molecule has 0 saturated heterocycles. The summed E-state index contributed by atoms with van der Waals surface area (Å²) in [5.41, 5.74) is 0.571. The Labute approximate surface area is 123 Å². The van der Waals surface area contributed by atoms with Crippen LogP contribution in [-0.4, -0.2) is 43.7 Å². The van der Waals surface area contributed by atoms with Gasteiger partial charge in [0.25, 0.3) is 11.7 Å². The van der Waals surface area contributed by atoms with Gasteiger partial charge in [-0.05, 0) is 25.8 Å². The Balaban J connectivity index is 2.14. The van der Waals surface area contributed by atoms with Crippen molar-refractivity contribution in [2.24, 2.45) is 5.41 Å². The number of aromatic nitrogens is 4. The summed E-state index contributed by atoms with van der Waals surface area (Å²) in [4.78, 5) is 20.4. The van der Waals surface area contributed by atoms with E-state index in [4.69, 9.17) is 0 Å². The van der Waals surface area contributed by atoms with Crippen molar-refractivity contribution in [1.29, 1.82) is 0 Å². The van der Waals surface area contributed by atoms with E-state index in [9.17, 15) is 9.90 Å². The van der Waals surface area contributed by atoms with Gasteiger partial charge >= 0.3 is 0 Å². The van der Waals surface area contributed by atoms with Crippen molar-refractivity contribution >= 4 is 11.7 Å². The van der Waals surface area contributed by atoms with Crippen LogP contribution in [0, 0.1) is 12.3 Å². The highest BCUT2D eigenvalue weighted by Crippen LogP contribution is 2.24. The van der Waals surface area contributed by atoms with Crippen molar-refractivity contribution in [3.63, 3.8) is 0 Å². The number of carbonyl (C=O) groups excluding carboxylic acids is 1. The predicted molar refractivity (Wildman–Crippen MR) is 78.0 cm³/mol. The maximum Gasteiger partial charge on any atom is 0.291 e. The second-order valence-corrected chi connectivity index (χ2v) is 5.28. The van der Waals surface area contributed by atoms with Crippen LogP contribution in [0.3, 0.4) is 0 Å². The summed E-state index contributed by atoms with van der Waals surface area (Å²) in [5.74, 6) is 0.148. The standard InChI is InChI=1S/C14H21N5O2/c1-4-14(5-2,9-20)8-16-12(21)11-17-13-15-7-6-10(3)19(13)18-11/h6-7,20H,4-5,8-9H2,1-3H3,(H,16,21). The highest BCUT2D eigenvalue weighted by Gasteiger charge is 2.26. The summed E-state index contributed by atoms with van der Waals surface area (Å²) < 4.78 is 1.54. The number of rotatable bonds is 6. The van der Waals surface area contributed by atoms with E-state index in [0.29, 0.717) is 12.3 Å². The fourth-order valence-electron chi connectivity index (χ4n) is 2.13. The molecule has 0 aromatic carbocycles. The molecule has 1 amide bonds. The number of aryl methyl sites for hydroxylation is 1. The number of fused-ring (bicyclic) bond motifs is 1. The smallest absolute Gasteiger partial charge is 0.291 e. The van der Waals surface area contributed by atoms with E-state index in [2.05, 4.69) is 20.4 Å². The lowest BCUT2D eigenvalue weighted by Gasteiger charge is -2.29. The number of hydrogen-bond donors (Lipinski definition) is 2. The second kappa shape index (κ2) is 6.17. The van der Waals surface area contributed by atoms with E-state index >= 15 is 0 Å². The first-order chi connectivity index (χ1) is 10.0. The van der Waals surface area contributed by atoms with Gasteiger partial charge in [-0.15, -0.1) is 5.10 Å². The first kappa shape index (κ1) is 15.4. The molecule has 0 bridgehead atoms. The fraction of sp³-hybridized carbons (Fsp3) is 0.571. The zero-order valence-electron chi connectivity index (χ0n) is 12.6. The largest absolute Gasteiger partial charge is 0.396 e. The maximum absolute atomic E-state index is 12.2. The Bertz CT molecular complexity index is 625. The number of carbonyl (C=O) groups is 1. The Morgan fingerprint density at radius 3 is 2.71 bits per heavy atom. The second-order valence-electron chi connectivity index (χ2n) is 5.28. The average Bonchev–Trinajstić information content (AvgIpc) is 2.95. The van der Waals surface area contributed by atoms with Gasteiger partial charge in [-0.1, -0.05) is 13.8 Å². The molecule has 0 fully saturated rings. The maximum atomic E-state index is 12.2. The molecule has 7 nitrogen and oxygen atoms in total. The Morgan fingerprint density at radius 2 is 2.14 bits per heavy atom. The molecule has 2 aromatic rings. The van der Waals surface area contributed by atoms with Crippen molar-refractivity contribution in [2.45, 2.75) is 33.6 Å². The lowest BCUT2D eigenvalue weighted by molar-refractivity contribution is 0.0842. The first-order valence-electron chi connectivity index (χ1n) is 7.12. The van der Waals surface area contributed by atoms with Crippen molar-refractivity contribution in [2.75, 3.05) is 13.2 Å². The number of amides is 1. The van der Waals surface area contributed by atoms with E-state index in [-0.39, 0.29) is 23.8 Å². The third-order valence-electron chi connectivity index (χ3n) is 4.09. The van der Waals surface area contributed by atoms with E-state index < -0.39 is 0 Å². The van der Waals surface area contributed by atoms with Gasteiger partial charge in [0, 0.05) is 23.9 Å². The van der Waals surface area contributed by atoms with E-state index in [0.717, 1.165) is 18.5 Å². The lowest BCUT2D eigenvalue weighted by Crippen LogP contribution is -2.39. The number of aliphatic hydroxyl groups excluding tert-OH is 1. The highest BCUT2D eigenvalue weighted by molar-refractivity contribution is 5.90. The molecule has 21 heavy (non-hydrogen) atoms. The SMILES string of the molecule is CCC(CC)(CO)CNC(=O)c1nc2nccc(C)n2n1. The Kier molecular flexibility index (Phi) is 4.52. The number of aliphatic hydroxyl groups is 1. The van der Waals surface area contributed by atoms with Gasteiger partial charge in [0.15, 0.2) is 0 Å². The van der Waals surface area contributed by atoms with Crippen molar-refractivity contribution in [1.82, 2.24) is 24.9 Å². The van der Waals surface area contributed by atoms with Crippen LogP contribution in [0.5, 0.6) is 0 Å². The lowest BCUT2D eigenvalue weighted by atomic mass is 9.83. The predicted octanol–water partition coefficient (Wildman–Crippen LogP) is 0.961. The summed E-state index contributed by atoms with van der Waals surface area (Å²) in [6.07, 6.45) is 3.21. The molecule has 0 aliphatic heterocycles. The summed E-state index contributed by atoms with van der Waals surface area (Å²) in [6.45, 7) is 6.32. The number of nitrogens with zero attached hydrogens (tertiary/aromatic N) is 4. The highest BCUT2D eigenvalue weighted by atomic mass is 16.3. The molecule has 0 saturated carbocycles. The van der Waals surface area contributed by atoms with Gasteiger partial charge in [0.2, 0.25) is 5.82 Å². The van der Waals surface area contributed by atoms with Crippen molar-refractivity contribution < 1.29 is 9.90 Å². The molecule has 0 aliphatic rings. The van der Waals surface area contributed by atoms with Crippen molar-refractivity contribution in [3.8, 4) is 0 Å². The summed E-state index contributed by atoms with van der Waals surface area (Å²) in [6, 6.07) is 1.80. The molecule has 0 radical (unpaired) electrons. The minimum Gasteiger partial charge on any atom is -0.396 e.